The third-order valence-corrected chi connectivity index (χ3v) is 4.07. The van der Waals surface area contributed by atoms with Gasteiger partial charge in [0.25, 0.3) is 5.91 Å². The first kappa shape index (κ1) is 20.6. The van der Waals surface area contributed by atoms with Crippen LogP contribution in [-0.2, 0) is 4.79 Å². The van der Waals surface area contributed by atoms with Crippen LogP contribution in [0.15, 0.2) is 42.5 Å². The number of carbonyl (C=O) groups is 2. The van der Waals surface area contributed by atoms with Gasteiger partial charge in [-0.05, 0) is 43.3 Å². The van der Waals surface area contributed by atoms with Crippen LogP contribution in [-0.4, -0.2) is 50.5 Å². The number of nitrogens with zero attached hydrogens (tertiary/aromatic N) is 1. The van der Waals surface area contributed by atoms with Crippen LogP contribution in [0.1, 0.15) is 17.3 Å². The fraction of sp³-hybridized carbons (Fsp3) is 0.300. The number of Topliss-reactive ketones (excluding diaryl/α,β-unsaturated/α-hetero) is 1. The second-order valence-electron chi connectivity index (χ2n) is 5.83. The molecule has 0 heterocycles. The second-order valence-corrected chi connectivity index (χ2v) is 6.27. The Morgan fingerprint density at radius 3 is 2.52 bits per heavy atom. The molecule has 0 radical (unpaired) electrons. The number of rotatable bonds is 9. The smallest absolute Gasteiger partial charge is 0.260 e. The Morgan fingerprint density at radius 1 is 1.07 bits per heavy atom. The lowest BCUT2D eigenvalue weighted by Gasteiger charge is -2.18. The number of amides is 1. The maximum Gasteiger partial charge on any atom is 0.260 e. The summed E-state index contributed by atoms with van der Waals surface area (Å²) in [4.78, 5) is 25.2. The number of benzene rings is 2. The average molecular weight is 392 g/mol. The van der Waals surface area contributed by atoms with Gasteiger partial charge in [0.15, 0.2) is 23.9 Å². The molecular formula is C20H22ClNO5. The van der Waals surface area contributed by atoms with Crippen LogP contribution in [0.2, 0.25) is 5.02 Å². The van der Waals surface area contributed by atoms with E-state index < -0.39 is 0 Å². The van der Waals surface area contributed by atoms with Gasteiger partial charge < -0.3 is 19.1 Å². The molecule has 27 heavy (non-hydrogen) atoms. The summed E-state index contributed by atoms with van der Waals surface area (Å²) < 4.78 is 16.3. The number of carbonyl (C=O) groups excluding carboxylic acids is 2. The largest absolute Gasteiger partial charge is 0.493 e. The van der Waals surface area contributed by atoms with Crippen LogP contribution in [0, 0.1) is 0 Å². The highest BCUT2D eigenvalue weighted by Gasteiger charge is 2.13. The fourth-order valence-corrected chi connectivity index (χ4v) is 2.42. The van der Waals surface area contributed by atoms with Gasteiger partial charge in [-0.2, -0.15) is 0 Å². The first-order chi connectivity index (χ1) is 12.9. The topological polar surface area (TPSA) is 65.1 Å². The molecule has 0 saturated carbocycles. The molecule has 2 aromatic carbocycles. The predicted octanol–water partition coefficient (Wildman–Crippen LogP) is 3.47. The molecule has 0 aliphatic heterocycles. The summed E-state index contributed by atoms with van der Waals surface area (Å²) in [6.07, 6.45) is 0. The van der Waals surface area contributed by atoms with Gasteiger partial charge in [-0.25, -0.2) is 0 Å². The highest BCUT2D eigenvalue weighted by molar-refractivity contribution is 6.30. The van der Waals surface area contributed by atoms with Crippen LogP contribution < -0.4 is 14.2 Å². The normalized spacial score (nSPS) is 10.2. The number of halogens is 1. The molecule has 0 fully saturated rings. The van der Waals surface area contributed by atoms with Crippen molar-refractivity contribution in [2.75, 3.05) is 33.9 Å². The Labute approximate surface area is 163 Å². The Balaban J connectivity index is 1.83. The summed E-state index contributed by atoms with van der Waals surface area (Å²) in [7, 11) is 3.15. The Morgan fingerprint density at radius 2 is 1.85 bits per heavy atom. The minimum atomic E-state index is -0.206. The van der Waals surface area contributed by atoms with E-state index in [0.717, 1.165) is 0 Å². The van der Waals surface area contributed by atoms with E-state index in [1.807, 2.05) is 0 Å². The molecule has 1 amide bonds. The van der Waals surface area contributed by atoms with E-state index in [1.165, 1.54) is 18.9 Å². The number of methoxy groups -OCH3 is 1. The van der Waals surface area contributed by atoms with Crippen LogP contribution >= 0.6 is 11.6 Å². The van der Waals surface area contributed by atoms with Gasteiger partial charge >= 0.3 is 0 Å². The van der Waals surface area contributed by atoms with Crippen molar-refractivity contribution >= 4 is 23.3 Å². The Bertz CT molecular complexity index is 809. The molecule has 0 atom stereocenters. The molecule has 2 rings (SSSR count). The highest BCUT2D eigenvalue weighted by Crippen LogP contribution is 2.28. The molecular weight excluding hydrogens is 370 g/mol. The molecule has 0 saturated heterocycles. The van der Waals surface area contributed by atoms with Crippen LogP contribution in [0.5, 0.6) is 17.2 Å². The van der Waals surface area contributed by atoms with Crippen molar-refractivity contribution < 1.29 is 23.8 Å². The van der Waals surface area contributed by atoms with Crippen molar-refractivity contribution in [2.45, 2.75) is 6.92 Å². The van der Waals surface area contributed by atoms with Crippen molar-refractivity contribution in [3.63, 3.8) is 0 Å². The number of likely N-dealkylation sites (N-methyl/N-ethyl adjacent to an activating group) is 1. The summed E-state index contributed by atoms with van der Waals surface area (Å²) >= 11 is 5.90. The van der Waals surface area contributed by atoms with E-state index in [-0.39, 0.29) is 18.3 Å². The van der Waals surface area contributed by atoms with Crippen molar-refractivity contribution in [1.82, 2.24) is 4.90 Å². The second kappa shape index (κ2) is 9.83. The quantitative estimate of drug-likeness (QED) is 0.612. The first-order valence-electron chi connectivity index (χ1n) is 8.35. The van der Waals surface area contributed by atoms with E-state index in [0.29, 0.717) is 41.0 Å². The van der Waals surface area contributed by atoms with Crippen LogP contribution in [0.3, 0.4) is 0 Å². The van der Waals surface area contributed by atoms with Crippen molar-refractivity contribution in [3.05, 3.63) is 53.1 Å². The van der Waals surface area contributed by atoms with Gasteiger partial charge in [0.2, 0.25) is 0 Å². The Hall–Kier alpha value is -2.73. The number of hydrogen-bond acceptors (Lipinski definition) is 5. The van der Waals surface area contributed by atoms with E-state index in [1.54, 1.807) is 49.5 Å². The van der Waals surface area contributed by atoms with Gasteiger partial charge in [-0.1, -0.05) is 17.7 Å². The molecule has 0 N–H and O–H groups in total. The predicted molar refractivity (Wildman–Crippen MR) is 103 cm³/mol. The molecule has 7 heteroatoms. The first-order valence-corrected chi connectivity index (χ1v) is 8.72. The summed E-state index contributed by atoms with van der Waals surface area (Å²) in [6, 6.07) is 11.9. The van der Waals surface area contributed by atoms with Gasteiger partial charge in [-0.15, -0.1) is 0 Å². The van der Waals surface area contributed by atoms with Gasteiger partial charge in [0.1, 0.15) is 12.4 Å². The number of ketones is 1. The van der Waals surface area contributed by atoms with Crippen LogP contribution in [0.4, 0.5) is 0 Å². The zero-order valence-corrected chi connectivity index (χ0v) is 16.3. The third-order valence-electron chi connectivity index (χ3n) is 3.84. The zero-order chi connectivity index (χ0) is 19.8. The minimum Gasteiger partial charge on any atom is -0.493 e. The van der Waals surface area contributed by atoms with E-state index in [2.05, 4.69) is 0 Å². The fourth-order valence-electron chi connectivity index (χ4n) is 2.24. The lowest BCUT2D eigenvalue weighted by molar-refractivity contribution is -0.132. The summed E-state index contributed by atoms with van der Waals surface area (Å²) in [5.41, 5.74) is 0.515. The maximum atomic E-state index is 12.2. The zero-order valence-electron chi connectivity index (χ0n) is 15.5. The van der Waals surface area contributed by atoms with Gasteiger partial charge in [0.05, 0.1) is 13.7 Å². The van der Waals surface area contributed by atoms with E-state index >= 15 is 0 Å². The molecule has 2 aromatic rings. The lowest BCUT2D eigenvalue weighted by Crippen LogP contribution is -2.34. The van der Waals surface area contributed by atoms with Crippen molar-refractivity contribution in [2.24, 2.45) is 0 Å². The summed E-state index contributed by atoms with van der Waals surface area (Å²) in [5, 5.41) is 0.593. The van der Waals surface area contributed by atoms with Crippen molar-refractivity contribution in [3.8, 4) is 17.2 Å². The number of hydrogen-bond donors (Lipinski definition) is 0. The number of ether oxygens (including phenoxy) is 3. The minimum absolute atomic E-state index is 0.0737. The van der Waals surface area contributed by atoms with E-state index in [4.69, 9.17) is 25.8 Å². The summed E-state index contributed by atoms with van der Waals surface area (Å²) in [6.45, 7) is 2.05. The SMILES string of the molecule is COc1cc(C(C)=O)ccc1OCC(=O)N(C)CCOc1cccc(Cl)c1. The molecule has 0 bridgehead atoms. The van der Waals surface area contributed by atoms with Crippen LogP contribution in [0.25, 0.3) is 0 Å². The Kier molecular flexibility index (Phi) is 7.49. The summed E-state index contributed by atoms with van der Waals surface area (Å²) in [5.74, 6) is 1.18. The van der Waals surface area contributed by atoms with Gasteiger partial charge in [-0.3, -0.25) is 9.59 Å². The molecule has 0 aromatic heterocycles. The standard InChI is InChI=1S/C20H22ClNO5/c1-14(23)15-7-8-18(19(11-15)25-3)27-13-20(24)22(2)9-10-26-17-6-4-5-16(21)12-17/h4-8,11-12H,9-10,13H2,1-3H3. The monoisotopic (exact) mass is 391 g/mol. The van der Waals surface area contributed by atoms with E-state index in [9.17, 15) is 9.59 Å². The maximum absolute atomic E-state index is 12.2. The highest BCUT2D eigenvalue weighted by atomic mass is 35.5. The molecule has 0 spiro atoms. The molecule has 0 aliphatic carbocycles. The molecule has 6 nitrogen and oxygen atoms in total. The third kappa shape index (κ3) is 6.18. The molecule has 144 valence electrons. The molecule has 0 aliphatic rings. The average Bonchev–Trinajstić information content (AvgIpc) is 2.65. The lowest BCUT2D eigenvalue weighted by atomic mass is 10.1. The van der Waals surface area contributed by atoms with Gasteiger partial charge in [0, 0.05) is 17.6 Å². The van der Waals surface area contributed by atoms with Crippen molar-refractivity contribution in [1.29, 1.82) is 0 Å². The molecule has 0 unspecified atom stereocenters.